The summed E-state index contributed by atoms with van der Waals surface area (Å²) in [5.41, 5.74) is 6.25. The van der Waals surface area contributed by atoms with Crippen LogP contribution < -0.4 is 11.1 Å². The van der Waals surface area contributed by atoms with Crippen LogP contribution in [-0.2, 0) is 0 Å². The van der Waals surface area contributed by atoms with Crippen LogP contribution in [-0.4, -0.2) is 18.1 Å². The topological polar surface area (TPSA) is 38.0 Å². The molecule has 0 heterocycles. The Hall–Kier alpha value is -0.0800. The predicted octanol–water partition coefficient (Wildman–Crippen LogP) is 3.06. The second-order valence-electron chi connectivity index (χ2n) is 5.67. The van der Waals surface area contributed by atoms with E-state index in [2.05, 4.69) is 26.1 Å². The Morgan fingerprint density at radius 2 is 1.94 bits per heavy atom. The zero-order valence-corrected chi connectivity index (χ0v) is 11.4. The highest BCUT2D eigenvalue weighted by molar-refractivity contribution is 4.95. The average Bonchev–Trinajstić information content (AvgIpc) is 2.32. The fraction of sp³-hybridized carbons (Fsp3) is 1.00. The van der Waals surface area contributed by atoms with Gasteiger partial charge in [-0.1, -0.05) is 26.7 Å². The van der Waals surface area contributed by atoms with E-state index in [0.29, 0.717) is 6.04 Å². The van der Waals surface area contributed by atoms with Gasteiger partial charge in [-0.2, -0.15) is 0 Å². The van der Waals surface area contributed by atoms with Crippen LogP contribution in [0.15, 0.2) is 0 Å². The molecule has 2 heteroatoms. The van der Waals surface area contributed by atoms with Gasteiger partial charge in [-0.3, -0.25) is 0 Å². The summed E-state index contributed by atoms with van der Waals surface area (Å²) in [6.07, 6.45) is 9.23. The Bertz CT molecular complexity index is 183. The van der Waals surface area contributed by atoms with Crippen molar-refractivity contribution in [1.82, 2.24) is 5.32 Å². The second-order valence-corrected chi connectivity index (χ2v) is 5.67. The molecule has 0 spiro atoms. The van der Waals surface area contributed by atoms with Gasteiger partial charge in [0.25, 0.3) is 0 Å². The van der Waals surface area contributed by atoms with Crippen molar-refractivity contribution in [1.29, 1.82) is 0 Å². The van der Waals surface area contributed by atoms with E-state index in [4.69, 9.17) is 5.73 Å². The van der Waals surface area contributed by atoms with Gasteiger partial charge in [0.05, 0.1) is 0 Å². The molecule has 1 aliphatic rings. The lowest BCUT2D eigenvalue weighted by Crippen LogP contribution is -2.56. The van der Waals surface area contributed by atoms with E-state index < -0.39 is 0 Å². The number of hydrogen-bond acceptors (Lipinski definition) is 2. The van der Waals surface area contributed by atoms with Crippen molar-refractivity contribution in [2.45, 2.75) is 77.3 Å². The molecular weight excluding hydrogens is 196 g/mol. The Morgan fingerprint density at radius 1 is 1.31 bits per heavy atom. The largest absolute Gasteiger partial charge is 0.329 e. The summed E-state index contributed by atoms with van der Waals surface area (Å²) < 4.78 is 0. The van der Waals surface area contributed by atoms with Gasteiger partial charge < -0.3 is 11.1 Å². The summed E-state index contributed by atoms with van der Waals surface area (Å²) in [7, 11) is 0. The zero-order valence-electron chi connectivity index (χ0n) is 11.4. The van der Waals surface area contributed by atoms with Gasteiger partial charge in [0, 0.05) is 18.1 Å². The molecule has 0 saturated heterocycles. The first-order valence-electron chi connectivity index (χ1n) is 7.13. The fourth-order valence-electron chi connectivity index (χ4n) is 2.96. The summed E-state index contributed by atoms with van der Waals surface area (Å²) in [4.78, 5) is 0. The van der Waals surface area contributed by atoms with Crippen LogP contribution in [0.4, 0.5) is 0 Å². The summed E-state index contributed by atoms with van der Waals surface area (Å²) in [6.45, 7) is 7.61. The van der Waals surface area contributed by atoms with E-state index >= 15 is 0 Å². The first-order valence-corrected chi connectivity index (χ1v) is 7.13. The Morgan fingerprint density at radius 3 is 2.38 bits per heavy atom. The summed E-state index contributed by atoms with van der Waals surface area (Å²) in [6, 6.07) is 0.603. The molecule has 1 saturated carbocycles. The van der Waals surface area contributed by atoms with Crippen LogP contribution in [0.3, 0.4) is 0 Å². The highest BCUT2D eigenvalue weighted by atomic mass is 15.0. The second kappa shape index (κ2) is 6.61. The van der Waals surface area contributed by atoms with Gasteiger partial charge in [-0.05, 0) is 44.9 Å². The van der Waals surface area contributed by atoms with Crippen LogP contribution in [0.5, 0.6) is 0 Å². The van der Waals surface area contributed by atoms with Gasteiger partial charge >= 0.3 is 0 Å². The van der Waals surface area contributed by atoms with Crippen LogP contribution in [0.2, 0.25) is 0 Å². The SMILES string of the molecule is CCCC1CCC(CN)(NC(C)CC)CC1. The summed E-state index contributed by atoms with van der Waals surface area (Å²) in [5, 5.41) is 3.77. The third kappa shape index (κ3) is 3.74. The summed E-state index contributed by atoms with van der Waals surface area (Å²) in [5.74, 6) is 0.961. The average molecular weight is 226 g/mol. The molecule has 16 heavy (non-hydrogen) atoms. The maximum absolute atomic E-state index is 6.00. The molecule has 0 aromatic carbocycles. The van der Waals surface area contributed by atoms with Crippen molar-refractivity contribution in [3.63, 3.8) is 0 Å². The van der Waals surface area contributed by atoms with Gasteiger partial charge in [-0.15, -0.1) is 0 Å². The molecule has 0 amide bonds. The van der Waals surface area contributed by atoms with Crippen molar-refractivity contribution in [2.24, 2.45) is 11.7 Å². The molecule has 1 fully saturated rings. The molecule has 3 N–H and O–H groups in total. The van der Waals surface area contributed by atoms with Crippen LogP contribution >= 0.6 is 0 Å². The van der Waals surface area contributed by atoms with Crippen molar-refractivity contribution in [2.75, 3.05) is 6.54 Å². The van der Waals surface area contributed by atoms with Gasteiger partial charge in [-0.25, -0.2) is 0 Å². The van der Waals surface area contributed by atoms with Crippen LogP contribution in [0, 0.1) is 5.92 Å². The van der Waals surface area contributed by atoms with E-state index in [1.54, 1.807) is 0 Å². The van der Waals surface area contributed by atoms with E-state index in [9.17, 15) is 0 Å². The van der Waals surface area contributed by atoms with E-state index in [1.165, 1.54) is 44.9 Å². The minimum atomic E-state index is 0.250. The third-order valence-corrected chi connectivity index (χ3v) is 4.31. The maximum Gasteiger partial charge on any atom is 0.0306 e. The van der Waals surface area contributed by atoms with E-state index in [0.717, 1.165) is 12.5 Å². The number of rotatable bonds is 6. The predicted molar refractivity (Wildman–Crippen MR) is 71.5 cm³/mol. The van der Waals surface area contributed by atoms with E-state index in [1.807, 2.05) is 0 Å². The van der Waals surface area contributed by atoms with Crippen molar-refractivity contribution in [3.8, 4) is 0 Å². The smallest absolute Gasteiger partial charge is 0.0306 e. The van der Waals surface area contributed by atoms with Gasteiger partial charge in [0.1, 0.15) is 0 Å². The highest BCUT2D eigenvalue weighted by Crippen LogP contribution is 2.34. The molecule has 0 bridgehead atoms. The van der Waals surface area contributed by atoms with E-state index in [-0.39, 0.29) is 5.54 Å². The molecule has 1 unspecified atom stereocenters. The number of nitrogens with one attached hydrogen (secondary N) is 1. The quantitative estimate of drug-likeness (QED) is 0.730. The lowest BCUT2D eigenvalue weighted by Gasteiger charge is -2.42. The fourth-order valence-corrected chi connectivity index (χ4v) is 2.96. The van der Waals surface area contributed by atoms with Crippen LogP contribution in [0.1, 0.15) is 65.7 Å². The number of hydrogen-bond donors (Lipinski definition) is 2. The molecular formula is C14H30N2. The first-order chi connectivity index (χ1) is 7.65. The first kappa shape index (κ1) is 14.0. The van der Waals surface area contributed by atoms with Gasteiger partial charge in [0.15, 0.2) is 0 Å². The normalized spacial score (nSPS) is 32.6. The molecule has 96 valence electrons. The zero-order chi connectivity index (χ0) is 12.0. The molecule has 2 nitrogen and oxygen atoms in total. The molecule has 0 aromatic rings. The Balaban J connectivity index is 2.44. The molecule has 0 aliphatic heterocycles. The Kier molecular flexibility index (Phi) is 5.77. The lowest BCUT2D eigenvalue weighted by molar-refractivity contribution is 0.172. The van der Waals surface area contributed by atoms with Gasteiger partial charge in [0.2, 0.25) is 0 Å². The van der Waals surface area contributed by atoms with Crippen molar-refractivity contribution >= 4 is 0 Å². The molecule has 1 aliphatic carbocycles. The Labute approximate surface area is 101 Å². The standard InChI is InChI=1S/C14H30N2/c1-4-6-13-7-9-14(11-15,10-8-13)16-12(3)5-2/h12-13,16H,4-11,15H2,1-3H3. The summed E-state index contributed by atoms with van der Waals surface area (Å²) >= 11 is 0. The molecule has 0 radical (unpaired) electrons. The molecule has 1 atom stereocenters. The van der Waals surface area contributed by atoms with Crippen molar-refractivity contribution in [3.05, 3.63) is 0 Å². The highest BCUT2D eigenvalue weighted by Gasteiger charge is 2.34. The third-order valence-electron chi connectivity index (χ3n) is 4.31. The minimum absolute atomic E-state index is 0.250. The monoisotopic (exact) mass is 226 g/mol. The van der Waals surface area contributed by atoms with Crippen molar-refractivity contribution < 1.29 is 0 Å². The van der Waals surface area contributed by atoms with Crippen LogP contribution in [0.25, 0.3) is 0 Å². The molecule has 1 rings (SSSR count). The maximum atomic E-state index is 6.00. The molecule has 0 aromatic heterocycles. The minimum Gasteiger partial charge on any atom is -0.329 e. The number of nitrogens with two attached hydrogens (primary N) is 1. The lowest BCUT2D eigenvalue weighted by atomic mass is 9.74.